The Balaban J connectivity index is 1.41. The van der Waals surface area contributed by atoms with Crippen LogP contribution in [0.25, 0.3) is 5.69 Å². The maximum absolute atomic E-state index is 6.54. The number of imidazole rings is 1. The first-order chi connectivity index (χ1) is 16.4. The van der Waals surface area contributed by atoms with Crippen LogP contribution in [0.15, 0.2) is 55.1 Å². The molecule has 0 spiro atoms. The molecule has 0 bridgehead atoms. The number of halogens is 1. The van der Waals surface area contributed by atoms with E-state index in [0.29, 0.717) is 29.9 Å². The van der Waals surface area contributed by atoms with Gasteiger partial charge in [0.15, 0.2) is 11.6 Å². The molecule has 0 aliphatic carbocycles. The molecule has 1 unspecified atom stereocenters. The molecule has 174 valence electrons. The number of ether oxygens (including phenoxy) is 2. The van der Waals surface area contributed by atoms with Crippen LogP contribution in [-0.4, -0.2) is 40.3 Å². The highest BCUT2D eigenvalue weighted by molar-refractivity contribution is 6.31. The second-order valence-corrected chi connectivity index (χ2v) is 8.69. The van der Waals surface area contributed by atoms with Crippen LogP contribution < -0.4 is 19.7 Å². The number of fused-ring (bicyclic) bond motifs is 1. The summed E-state index contributed by atoms with van der Waals surface area (Å²) < 4.78 is 13.5. The summed E-state index contributed by atoms with van der Waals surface area (Å²) in [5.41, 5.74) is 4.75. The Hall–Kier alpha value is -3.78. The highest BCUT2D eigenvalue weighted by atomic mass is 35.5. The number of benzene rings is 2. The predicted octanol–water partition coefficient (Wildman–Crippen LogP) is 5.25. The zero-order valence-electron chi connectivity index (χ0n) is 19.4. The number of anilines is 3. The average Bonchev–Trinajstić information content (AvgIpc) is 3.26. The van der Waals surface area contributed by atoms with Gasteiger partial charge in [-0.05, 0) is 43.2 Å². The summed E-state index contributed by atoms with van der Waals surface area (Å²) in [4.78, 5) is 15.5. The number of methoxy groups -OCH3 is 1. The van der Waals surface area contributed by atoms with Crippen molar-refractivity contribution in [2.24, 2.45) is 0 Å². The third kappa shape index (κ3) is 4.12. The first kappa shape index (κ1) is 22.0. The van der Waals surface area contributed by atoms with Crippen molar-refractivity contribution >= 4 is 29.1 Å². The van der Waals surface area contributed by atoms with E-state index in [-0.39, 0.29) is 6.04 Å². The normalized spacial score (nSPS) is 15.0. The molecule has 1 aliphatic heterocycles. The first-order valence-electron chi connectivity index (χ1n) is 10.9. The van der Waals surface area contributed by atoms with E-state index in [9.17, 15) is 0 Å². The van der Waals surface area contributed by atoms with Gasteiger partial charge in [0.1, 0.15) is 12.4 Å². The highest BCUT2D eigenvalue weighted by Crippen LogP contribution is 2.39. The minimum atomic E-state index is -0.0543. The third-order valence-corrected chi connectivity index (χ3v) is 6.20. The van der Waals surface area contributed by atoms with Gasteiger partial charge >= 0.3 is 0 Å². The van der Waals surface area contributed by atoms with Gasteiger partial charge in [0, 0.05) is 30.0 Å². The van der Waals surface area contributed by atoms with E-state index >= 15 is 0 Å². The van der Waals surface area contributed by atoms with Crippen LogP contribution in [0, 0.1) is 13.8 Å². The Morgan fingerprint density at radius 2 is 2.00 bits per heavy atom. The summed E-state index contributed by atoms with van der Waals surface area (Å²) in [6, 6.07) is 11.8. The van der Waals surface area contributed by atoms with Crippen LogP contribution in [-0.2, 0) is 0 Å². The molecule has 0 amide bonds. The fourth-order valence-electron chi connectivity index (χ4n) is 4.06. The Morgan fingerprint density at radius 1 is 1.15 bits per heavy atom. The predicted molar refractivity (Wildman–Crippen MR) is 133 cm³/mol. The van der Waals surface area contributed by atoms with Crippen molar-refractivity contribution in [3.05, 3.63) is 77.0 Å². The molecule has 1 N–H and O–H groups in total. The summed E-state index contributed by atoms with van der Waals surface area (Å²) in [6.07, 6.45) is 5.40. The molecule has 1 aliphatic rings. The first-order valence-corrected chi connectivity index (χ1v) is 11.3. The number of rotatable bonds is 5. The molecule has 0 saturated heterocycles. The quantitative estimate of drug-likeness (QED) is 0.421. The molecule has 2 aromatic heterocycles. The lowest BCUT2D eigenvalue weighted by Crippen LogP contribution is -2.34. The molecule has 0 saturated carbocycles. The van der Waals surface area contributed by atoms with E-state index in [2.05, 4.69) is 26.3 Å². The van der Waals surface area contributed by atoms with Crippen molar-refractivity contribution in [2.75, 3.05) is 31.0 Å². The SMILES string of the molecule is COc1cc(Nc2ncc3c(n2)N(C)C(c2ccc(C)cc2Cl)CO3)ccc1-n1cnc(C)c1. The second kappa shape index (κ2) is 8.87. The van der Waals surface area contributed by atoms with Crippen molar-refractivity contribution in [1.29, 1.82) is 0 Å². The number of aryl methyl sites for hydroxylation is 2. The van der Waals surface area contributed by atoms with Crippen molar-refractivity contribution in [3.8, 4) is 17.2 Å². The van der Waals surface area contributed by atoms with Crippen LogP contribution in [0.1, 0.15) is 22.9 Å². The van der Waals surface area contributed by atoms with Gasteiger partial charge in [-0.1, -0.05) is 23.7 Å². The summed E-state index contributed by atoms with van der Waals surface area (Å²) in [6.45, 7) is 4.44. The number of hydrogen-bond donors (Lipinski definition) is 1. The van der Waals surface area contributed by atoms with Crippen molar-refractivity contribution < 1.29 is 9.47 Å². The minimum Gasteiger partial charge on any atom is -0.494 e. The van der Waals surface area contributed by atoms with Gasteiger partial charge in [0.25, 0.3) is 0 Å². The van der Waals surface area contributed by atoms with Crippen molar-refractivity contribution in [3.63, 3.8) is 0 Å². The van der Waals surface area contributed by atoms with Crippen molar-refractivity contribution in [1.82, 2.24) is 19.5 Å². The molecule has 34 heavy (non-hydrogen) atoms. The van der Waals surface area contributed by atoms with Gasteiger partial charge in [0.2, 0.25) is 5.95 Å². The number of hydrogen-bond acceptors (Lipinski definition) is 7. The largest absolute Gasteiger partial charge is 0.494 e. The average molecular weight is 477 g/mol. The van der Waals surface area contributed by atoms with Gasteiger partial charge in [-0.25, -0.2) is 9.97 Å². The molecule has 2 aromatic carbocycles. The van der Waals surface area contributed by atoms with E-state index in [1.54, 1.807) is 19.6 Å². The van der Waals surface area contributed by atoms with Gasteiger partial charge in [-0.15, -0.1) is 0 Å². The molecule has 1 atom stereocenters. The topological polar surface area (TPSA) is 77.3 Å². The number of nitrogens with one attached hydrogen (secondary N) is 1. The number of aromatic nitrogens is 4. The standard InChI is InChI=1S/C25H25ClN6O2/c1-15-5-7-18(19(26)9-15)21-13-34-23-11-27-25(30-24(23)31(21)3)29-17-6-8-20(22(10-17)33-4)32-12-16(2)28-14-32/h5-12,14,21H,13H2,1-4H3,(H,27,29,30). The molecule has 3 heterocycles. The molecule has 8 nitrogen and oxygen atoms in total. The van der Waals surface area contributed by atoms with E-state index < -0.39 is 0 Å². The van der Waals surface area contributed by atoms with Crippen LogP contribution in [0.4, 0.5) is 17.5 Å². The molecule has 0 radical (unpaired) electrons. The van der Waals surface area contributed by atoms with Gasteiger partial charge in [-0.2, -0.15) is 4.98 Å². The Kier molecular flexibility index (Phi) is 5.75. The Labute approximate surface area is 203 Å². The molecule has 4 aromatic rings. The smallest absolute Gasteiger partial charge is 0.229 e. The monoisotopic (exact) mass is 476 g/mol. The van der Waals surface area contributed by atoms with E-state index in [1.807, 2.05) is 62.0 Å². The lowest BCUT2D eigenvalue weighted by Gasteiger charge is -2.35. The summed E-state index contributed by atoms with van der Waals surface area (Å²) in [5.74, 6) is 2.49. The lowest BCUT2D eigenvalue weighted by atomic mass is 10.0. The van der Waals surface area contributed by atoms with Crippen LogP contribution in [0.5, 0.6) is 11.5 Å². The molecular formula is C25H25ClN6O2. The number of likely N-dealkylation sites (N-methyl/N-ethyl adjacent to an activating group) is 1. The Bertz CT molecular complexity index is 1360. The summed E-state index contributed by atoms with van der Waals surface area (Å²) in [5, 5.41) is 3.99. The van der Waals surface area contributed by atoms with E-state index in [4.69, 9.17) is 26.1 Å². The third-order valence-electron chi connectivity index (χ3n) is 5.88. The van der Waals surface area contributed by atoms with E-state index in [1.165, 1.54) is 0 Å². The highest BCUT2D eigenvalue weighted by Gasteiger charge is 2.29. The van der Waals surface area contributed by atoms with Crippen molar-refractivity contribution in [2.45, 2.75) is 19.9 Å². The molecule has 9 heteroatoms. The fourth-order valence-corrected chi connectivity index (χ4v) is 4.42. The maximum Gasteiger partial charge on any atom is 0.229 e. The zero-order chi connectivity index (χ0) is 23.8. The lowest BCUT2D eigenvalue weighted by molar-refractivity contribution is 0.265. The summed E-state index contributed by atoms with van der Waals surface area (Å²) in [7, 11) is 3.63. The van der Waals surface area contributed by atoms with Crippen LogP contribution in [0.2, 0.25) is 5.02 Å². The molecular weight excluding hydrogens is 452 g/mol. The molecule has 5 rings (SSSR count). The second-order valence-electron chi connectivity index (χ2n) is 8.28. The summed E-state index contributed by atoms with van der Waals surface area (Å²) >= 11 is 6.54. The van der Waals surface area contributed by atoms with Crippen LogP contribution in [0.3, 0.4) is 0 Å². The maximum atomic E-state index is 6.54. The van der Waals surface area contributed by atoms with E-state index in [0.717, 1.165) is 33.2 Å². The van der Waals surface area contributed by atoms with Crippen LogP contribution >= 0.6 is 11.6 Å². The Morgan fingerprint density at radius 3 is 2.74 bits per heavy atom. The molecule has 0 fully saturated rings. The fraction of sp³-hybridized carbons (Fsp3) is 0.240. The number of nitrogens with zero attached hydrogens (tertiary/aromatic N) is 5. The zero-order valence-corrected chi connectivity index (χ0v) is 20.2. The van der Waals surface area contributed by atoms with Gasteiger partial charge < -0.3 is 24.3 Å². The van der Waals surface area contributed by atoms with Gasteiger partial charge in [0.05, 0.1) is 37.1 Å². The van der Waals surface area contributed by atoms with Gasteiger partial charge in [-0.3, -0.25) is 0 Å². The minimum absolute atomic E-state index is 0.0543.